The summed E-state index contributed by atoms with van der Waals surface area (Å²) in [7, 11) is 0. The van der Waals surface area contributed by atoms with Gasteiger partial charge in [-0.15, -0.1) is 0 Å². The largest absolute Gasteiger partial charge is 0.342 e. The predicted molar refractivity (Wildman–Crippen MR) is 42.9 cm³/mol. The molecule has 0 saturated carbocycles. The van der Waals surface area contributed by atoms with E-state index in [1.165, 1.54) is 17.7 Å². The van der Waals surface area contributed by atoms with E-state index in [0.29, 0.717) is 0 Å². The monoisotopic (exact) mass is 149 g/mol. The van der Waals surface area contributed by atoms with Gasteiger partial charge in [0, 0.05) is 12.2 Å². The summed E-state index contributed by atoms with van der Waals surface area (Å²) in [6.07, 6.45) is 3.28. The van der Waals surface area contributed by atoms with Crippen molar-refractivity contribution < 1.29 is 4.79 Å². The number of aromatic nitrogens is 1. The summed E-state index contributed by atoms with van der Waals surface area (Å²) in [6, 6.07) is 1.97. The molecule has 0 radical (unpaired) electrons. The van der Waals surface area contributed by atoms with Gasteiger partial charge < -0.3 is 4.57 Å². The van der Waals surface area contributed by atoms with Crippen molar-refractivity contribution in [3.63, 3.8) is 0 Å². The Morgan fingerprint density at radius 2 is 2.45 bits per heavy atom. The number of carbonyl (C=O) groups excluding carboxylic acids is 1. The Bertz CT molecular complexity index is 299. The summed E-state index contributed by atoms with van der Waals surface area (Å²) in [6.45, 7) is 3.10. The van der Waals surface area contributed by atoms with E-state index in [4.69, 9.17) is 0 Å². The van der Waals surface area contributed by atoms with Gasteiger partial charge >= 0.3 is 0 Å². The molecule has 0 N–H and O–H groups in total. The third-order valence-electron chi connectivity index (χ3n) is 2.37. The number of hydrogen-bond donors (Lipinski definition) is 0. The van der Waals surface area contributed by atoms with Gasteiger partial charge in [-0.2, -0.15) is 0 Å². The van der Waals surface area contributed by atoms with Crippen molar-refractivity contribution in [2.45, 2.75) is 26.3 Å². The third-order valence-corrected chi connectivity index (χ3v) is 2.37. The standard InChI is InChI=1S/C9H11NO/c1-7-5-8(6-11)10-4-2-3-9(7)10/h5-6H,2-4H2,1H3. The van der Waals surface area contributed by atoms with Gasteiger partial charge in [-0.3, -0.25) is 4.79 Å². The maximum Gasteiger partial charge on any atom is 0.166 e. The molecule has 0 atom stereocenters. The molecule has 58 valence electrons. The smallest absolute Gasteiger partial charge is 0.166 e. The predicted octanol–water partition coefficient (Wildman–Crippen LogP) is 1.56. The van der Waals surface area contributed by atoms with E-state index < -0.39 is 0 Å². The maximum atomic E-state index is 10.6. The minimum atomic E-state index is 0.843. The van der Waals surface area contributed by atoms with Gasteiger partial charge in [0.25, 0.3) is 0 Å². The van der Waals surface area contributed by atoms with Crippen LogP contribution in [0.1, 0.15) is 28.2 Å². The molecular formula is C9H11NO. The molecule has 1 aliphatic heterocycles. The first-order valence-corrected chi connectivity index (χ1v) is 3.97. The van der Waals surface area contributed by atoms with Gasteiger partial charge in [0.2, 0.25) is 0 Å². The molecule has 2 nitrogen and oxygen atoms in total. The number of aryl methyl sites for hydroxylation is 1. The maximum absolute atomic E-state index is 10.6. The quantitative estimate of drug-likeness (QED) is 0.555. The van der Waals surface area contributed by atoms with Crippen LogP contribution in [-0.2, 0) is 13.0 Å². The van der Waals surface area contributed by atoms with Gasteiger partial charge in [-0.1, -0.05) is 0 Å². The molecule has 1 aromatic rings. The first-order chi connectivity index (χ1) is 5.33. The summed E-state index contributed by atoms with van der Waals surface area (Å²) < 4.78 is 2.13. The zero-order valence-electron chi connectivity index (χ0n) is 6.63. The molecule has 2 heteroatoms. The van der Waals surface area contributed by atoms with Gasteiger partial charge in [0.05, 0.1) is 5.69 Å². The lowest BCUT2D eigenvalue weighted by atomic mass is 10.2. The molecule has 1 aliphatic rings. The molecule has 11 heavy (non-hydrogen) atoms. The molecule has 0 aliphatic carbocycles. The van der Waals surface area contributed by atoms with Crippen LogP contribution in [0.25, 0.3) is 0 Å². The SMILES string of the molecule is Cc1cc(C=O)n2c1CCC2. The van der Waals surface area contributed by atoms with E-state index in [2.05, 4.69) is 11.5 Å². The minimum Gasteiger partial charge on any atom is -0.342 e. The fourth-order valence-electron chi connectivity index (χ4n) is 1.85. The first kappa shape index (κ1) is 6.65. The highest BCUT2D eigenvalue weighted by Crippen LogP contribution is 2.22. The number of nitrogens with zero attached hydrogens (tertiary/aromatic N) is 1. The molecule has 0 fully saturated rings. The van der Waals surface area contributed by atoms with Gasteiger partial charge in [0.15, 0.2) is 6.29 Å². The van der Waals surface area contributed by atoms with Crippen LogP contribution in [-0.4, -0.2) is 10.9 Å². The molecule has 0 unspecified atom stereocenters. The normalized spacial score (nSPS) is 15.0. The topological polar surface area (TPSA) is 22.0 Å². The van der Waals surface area contributed by atoms with Crippen LogP contribution >= 0.6 is 0 Å². The van der Waals surface area contributed by atoms with Crippen LogP contribution in [0.2, 0.25) is 0 Å². The van der Waals surface area contributed by atoms with Crippen molar-refractivity contribution in [2.24, 2.45) is 0 Å². The van der Waals surface area contributed by atoms with Crippen LogP contribution in [0, 0.1) is 6.92 Å². The number of carbonyl (C=O) groups is 1. The highest BCUT2D eigenvalue weighted by atomic mass is 16.1. The molecule has 0 bridgehead atoms. The molecule has 2 heterocycles. The molecule has 0 spiro atoms. The van der Waals surface area contributed by atoms with E-state index in [-0.39, 0.29) is 0 Å². The third kappa shape index (κ3) is 0.821. The Balaban J connectivity index is 2.60. The highest BCUT2D eigenvalue weighted by molar-refractivity contribution is 5.73. The molecule has 0 aromatic carbocycles. The van der Waals surface area contributed by atoms with E-state index in [1.807, 2.05) is 6.07 Å². The van der Waals surface area contributed by atoms with Crippen molar-refractivity contribution in [1.82, 2.24) is 4.57 Å². The Labute approximate surface area is 65.8 Å². The van der Waals surface area contributed by atoms with Crippen molar-refractivity contribution in [2.75, 3.05) is 0 Å². The van der Waals surface area contributed by atoms with E-state index >= 15 is 0 Å². The zero-order valence-corrected chi connectivity index (χ0v) is 6.63. The van der Waals surface area contributed by atoms with Gasteiger partial charge in [-0.25, -0.2) is 0 Å². The Hall–Kier alpha value is -1.05. The van der Waals surface area contributed by atoms with Gasteiger partial charge in [0.1, 0.15) is 0 Å². The average Bonchev–Trinajstić information content (AvgIpc) is 2.54. The van der Waals surface area contributed by atoms with Crippen molar-refractivity contribution >= 4 is 6.29 Å². The fraction of sp³-hybridized carbons (Fsp3) is 0.444. The van der Waals surface area contributed by atoms with Crippen LogP contribution in [0.3, 0.4) is 0 Å². The summed E-state index contributed by atoms with van der Waals surface area (Å²) in [4.78, 5) is 10.6. The Kier molecular flexibility index (Phi) is 1.34. The minimum absolute atomic E-state index is 0.843. The summed E-state index contributed by atoms with van der Waals surface area (Å²) >= 11 is 0. The number of hydrogen-bond acceptors (Lipinski definition) is 1. The van der Waals surface area contributed by atoms with E-state index in [0.717, 1.165) is 24.9 Å². The molecule has 0 amide bonds. The second kappa shape index (κ2) is 2.22. The number of fused-ring (bicyclic) bond motifs is 1. The Morgan fingerprint density at radius 3 is 3.18 bits per heavy atom. The van der Waals surface area contributed by atoms with Gasteiger partial charge in [-0.05, 0) is 31.4 Å². The highest BCUT2D eigenvalue weighted by Gasteiger charge is 2.16. The van der Waals surface area contributed by atoms with Crippen LogP contribution in [0.4, 0.5) is 0 Å². The van der Waals surface area contributed by atoms with Crippen molar-refractivity contribution in [1.29, 1.82) is 0 Å². The average molecular weight is 149 g/mol. The van der Waals surface area contributed by atoms with Crippen LogP contribution in [0.5, 0.6) is 0 Å². The molecule has 2 rings (SSSR count). The van der Waals surface area contributed by atoms with Crippen molar-refractivity contribution in [3.05, 3.63) is 23.0 Å². The number of rotatable bonds is 1. The summed E-state index contributed by atoms with van der Waals surface area (Å²) in [5.41, 5.74) is 3.46. The summed E-state index contributed by atoms with van der Waals surface area (Å²) in [5, 5.41) is 0. The van der Waals surface area contributed by atoms with E-state index in [1.54, 1.807) is 0 Å². The fourth-order valence-corrected chi connectivity index (χ4v) is 1.85. The molecular weight excluding hydrogens is 138 g/mol. The molecule has 0 saturated heterocycles. The lowest BCUT2D eigenvalue weighted by molar-refractivity contribution is 0.111. The lowest BCUT2D eigenvalue weighted by Crippen LogP contribution is -1.96. The first-order valence-electron chi connectivity index (χ1n) is 3.97. The lowest BCUT2D eigenvalue weighted by Gasteiger charge is -1.97. The van der Waals surface area contributed by atoms with Crippen LogP contribution in [0.15, 0.2) is 6.07 Å². The zero-order chi connectivity index (χ0) is 7.84. The Morgan fingerprint density at radius 1 is 1.64 bits per heavy atom. The number of aldehydes is 1. The molecule has 1 aromatic heterocycles. The van der Waals surface area contributed by atoms with Crippen LogP contribution < -0.4 is 0 Å². The van der Waals surface area contributed by atoms with E-state index in [9.17, 15) is 4.79 Å². The second-order valence-corrected chi connectivity index (χ2v) is 3.07. The summed E-state index contributed by atoms with van der Waals surface area (Å²) in [5.74, 6) is 0. The second-order valence-electron chi connectivity index (χ2n) is 3.07. The van der Waals surface area contributed by atoms with Crippen molar-refractivity contribution in [3.8, 4) is 0 Å².